The molecule has 23 heavy (non-hydrogen) atoms. The number of rotatable bonds is 2. The molecule has 0 bridgehead atoms. The van der Waals surface area contributed by atoms with Crippen LogP contribution in [-0.2, 0) is 0 Å². The third kappa shape index (κ3) is 2.68. The summed E-state index contributed by atoms with van der Waals surface area (Å²) in [5.74, 6) is 1.18. The smallest absolute Gasteiger partial charge is 0.255 e. The Morgan fingerprint density at radius 3 is 2.78 bits per heavy atom. The van der Waals surface area contributed by atoms with Crippen molar-refractivity contribution in [3.05, 3.63) is 60.3 Å². The lowest BCUT2D eigenvalue weighted by molar-refractivity contribution is 0.102. The summed E-state index contributed by atoms with van der Waals surface area (Å²) in [6, 6.07) is 14.6. The number of nitrogens with one attached hydrogen (secondary N) is 1. The summed E-state index contributed by atoms with van der Waals surface area (Å²) in [4.78, 5) is 16.7. The van der Waals surface area contributed by atoms with Crippen molar-refractivity contribution in [2.75, 3.05) is 18.5 Å². The quantitative estimate of drug-likeness (QED) is 0.789. The Morgan fingerprint density at radius 2 is 1.87 bits per heavy atom. The molecule has 5 nitrogen and oxygen atoms in total. The molecule has 3 aromatic rings. The van der Waals surface area contributed by atoms with E-state index in [2.05, 4.69) is 10.3 Å². The van der Waals surface area contributed by atoms with E-state index >= 15 is 0 Å². The summed E-state index contributed by atoms with van der Waals surface area (Å²) in [6.45, 7) is 1.06. The van der Waals surface area contributed by atoms with Gasteiger partial charge < -0.3 is 14.8 Å². The Kier molecular flexibility index (Phi) is 3.31. The molecule has 114 valence electrons. The summed E-state index contributed by atoms with van der Waals surface area (Å²) in [5.41, 5.74) is 2.12. The fourth-order valence-corrected chi connectivity index (χ4v) is 2.54. The number of carbonyl (C=O) groups excluding carboxylic acids is 1. The van der Waals surface area contributed by atoms with Crippen LogP contribution in [0.15, 0.2) is 54.7 Å². The van der Waals surface area contributed by atoms with E-state index < -0.39 is 0 Å². The number of hydrogen-bond acceptors (Lipinski definition) is 4. The molecule has 2 heterocycles. The molecule has 0 aliphatic carbocycles. The predicted octanol–water partition coefficient (Wildman–Crippen LogP) is 3.26. The largest absolute Gasteiger partial charge is 0.486 e. The maximum Gasteiger partial charge on any atom is 0.255 e. The van der Waals surface area contributed by atoms with Crippen LogP contribution in [0, 0.1) is 0 Å². The van der Waals surface area contributed by atoms with Gasteiger partial charge in [0.2, 0.25) is 0 Å². The second-order valence-electron chi connectivity index (χ2n) is 5.22. The average molecular weight is 306 g/mol. The molecule has 2 aromatic carbocycles. The molecule has 1 N–H and O–H groups in total. The van der Waals surface area contributed by atoms with E-state index in [1.165, 1.54) is 0 Å². The van der Waals surface area contributed by atoms with Crippen LogP contribution in [-0.4, -0.2) is 24.1 Å². The van der Waals surface area contributed by atoms with Crippen molar-refractivity contribution in [2.24, 2.45) is 0 Å². The van der Waals surface area contributed by atoms with Gasteiger partial charge >= 0.3 is 0 Å². The molecule has 0 atom stereocenters. The second kappa shape index (κ2) is 5.61. The van der Waals surface area contributed by atoms with Crippen LogP contribution in [0.25, 0.3) is 10.9 Å². The van der Waals surface area contributed by atoms with E-state index in [1.807, 2.05) is 24.3 Å². The number of amides is 1. The second-order valence-corrected chi connectivity index (χ2v) is 5.22. The number of anilines is 1. The molecule has 0 fully saturated rings. The molecule has 5 heteroatoms. The Morgan fingerprint density at radius 1 is 1.00 bits per heavy atom. The standard InChI is InChI=1S/C18H14N2O3/c21-18(13-3-5-15-12(10-13)2-1-7-19-15)20-14-4-6-16-17(11-14)23-9-8-22-16/h1-7,10-11H,8-9H2,(H,20,21). The van der Waals surface area contributed by atoms with Crippen LogP contribution in [0.4, 0.5) is 5.69 Å². The fraction of sp³-hybridized carbons (Fsp3) is 0.111. The molecule has 0 saturated heterocycles. The van der Waals surface area contributed by atoms with Crippen molar-refractivity contribution < 1.29 is 14.3 Å². The van der Waals surface area contributed by atoms with Crippen molar-refractivity contribution >= 4 is 22.5 Å². The zero-order valence-electron chi connectivity index (χ0n) is 12.3. The molecule has 1 aliphatic heterocycles. The molecule has 4 rings (SSSR count). The van der Waals surface area contributed by atoms with Crippen LogP contribution in [0.3, 0.4) is 0 Å². The van der Waals surface area contributed by atoms with Crippen molar-refractivity contribution in [1.29, 1.82) is 0 Å². The summed E-state index contributed by atoms with van der Waals surface area (Å²) in [5, 5.41) is 3.81. The fourth-order valence-electron chi connectivity index (χ4n) is 2.54. The Labute approximate surface area is 132 Å². The predicted molar refractivity (Wildman–Crippen MR) is 87.1 cm³/mol. The normalized spacial score (nSPS) is 12.9. The lowest BCUT2D eigenvalue weighted by atomic mass is 10.1. The zero-order chi connectivity index (χ0) is 15.6. The topological polar surface area (TPSA) is 60.5 Å². The number of benzene rings is 2. The van der Waals surface area contributed by atoms with Gasteiger partial charge in [-0.3, -0.25) is 9.78 Å². The molecular weight excluding hydrogens is 292 g/mol. The highest BCUT2D eigenvalue weighted by atomic mass is 16.6. The van der Waals surface area contributed by atoms with Gasteiger partial charge in [0.25, 0.3) is 5.91 Å². The van der Waals surface area contributed by atoms with Gasteiger partial charge in [0.05, 0.1) is 5.52 Å². The highest BCUT2D eigenvalue weighted by Gasteiger charge is 2.13. The monoisotopic (exact) mass is 306 g/mol. The number of pyridine rings is 1. The average Bonchev–Trinajstić information content (AvgIpc) is 2.61. The zero-order valence-corrected chi connectivity index (χ0v) is 12.3. The Balaban J connectivity index is 1.59. The van der Waals surface area contributed by atoms with Crippen LogP contribution >= 0.6 is 0 Å². The summed E-state index contributed by atoms with van der Waals surface area (Å²) in [6.07, 6.45) is 1.73. The minimum absolute atomic E-state index is 0.174. The maximum atomic E-state index is 12.4. The third-order valence-electron chi connectivity index (χ3n) is 3.67. The van der Waals surface area contributed by atoms with E-state index in [9.17, 15) is 4.79 Å². The molecule has 0 spiro atoms. The van der Waals surface area contributed by atoms with Crippen molar-refractivity contribution in [2.45, 2.75) is 0 Å². The third-order valence-corrected chi connectivity index (χ3v) is 3.67. The Bertz CT molecular complexity index is 892. The highest BCUT2D eigenvalue weighted by molar-refractivity contribution is 6.06. The number of hydrogen-bond donors (Lipinski definition) is 1. The molecule has 1 aliphatic rings. The van der Waals surface area contributed by atoms with Crippen LogP contribution in [0.5, 0.6) is 11.5 Å². The maximum absolute atomic E-state index is 12.4. The van der Waals surface area contributed by atoms with Gasteiger partial charge in [-0.1, -0.05) is 6.07 Å². The molecule has 0 radical (unpaired) electrons. The van der Waals surface area contributed by atoms with Gasteiger partial charge in [0.1, 0.15) is 13.2 Å². The van der Waals surface area contributed by atoms with Crippen molar-refractivity contribution in [3.63, 3.8) is 0 Å². The molecule has 0 saturated carbocycles. The van der Waals surface area contributed by atoms with Gasteiger partial charge in [-0.15, -0.1) is 0 Å². The van der Waals surface area contributed by atoms with Crippen LogP contribution in [0.2, 0.25) is 0 Å². The first-order valence-corrected chi connectivity index (χ1v) is 7.35. The first kappa shape index (κ1) is 13.6. The minimum Gasteiger partial charge on any atom is -0.486 e. The summed E-state index contributed by atoms with van der Waals surface area (Å²) >= 11 is 0. The summed E-state index contributed by atoms with van der Waals surface area (Å²) in [7, 11) is 0. The lowest BCUT2D eigenvalue weighted by Crippen LogP contribution is -2.16. The van der Waals surface area contributed by atoms with Crippen LogP contribution < -0.4 is 14.8 Å². The van der Waals surface area contributed by atoms with Gasteiger partial charge in [-0.05, 0) is 36.4 Å². The van der Waals surface area contributed by atoms with Crippen molar-refractivity contribution in [1.82, 2.24) is 4.98 Å². The molecule has 1 aromatic heterocycles. The number of carbonyl (C=O) groups is 1. The number of fused-ring (bicyclic) bond motifs is 2. The van der Waals surface area contributed by atoms with E-state index in [0.29, 0.717) is 36.0 Å². The number of nitrogens with zero attached hydrogens (tertiary/aromatic N) is 1. The summed E-state index contributed by atoms with van der Waals surface area (Å²) < 4.78 is 11.0. The van der Waals surface area contributed by atoms with Gasteiger partial charge in [-0.25, -0.2) is 0 Å². The van der Waals surface area contributed by atoms with Gasteiger partial charge in [-0.2, -0.15) is 0 Å². The van der Waals surface area contributed by atoms with E-state index in [-0.39, 0.29) is 5.91 Å². The first-order valence-electron chi connectivity index (χ1n) is 7.35. The SMILES string of the molecule is O=C(Nc1ccc2c(c1)OCCO2)c1ccc2ncccc2c1. The molecule has 0 unspecified atom stereocenters. The molecule has 1 amide bonds. The van der Waals surface area contributed by atoms with Gasteiger partial charge in [0, 0.05) is 28.9 Å². The van der Waals surface area contributed by atoms with Gasteiger partial charge in [0.15, 0.2) is 11.5 Å². The van der Waals surface area contributed by atoms with Crippen LogP contribution in [0.1, 0.15) is 10.4 Å². The van der Waals surface area contributed by atoms with Crippen molar-refractivity contribution in [3.8, 4) is 11.5 Å². The van der Waals surface area contributed by atoms with E-state index in [0.717, 1.165) is 10.9 Å². The highest BCUT2D eigenvalue weighted by Crippen LogP contribution is 2.32. The minimum atomic E-state index is -0.174. The lowest BCUT2D eigenvalue weighted by Gasteiger charge is -2.19. The Hall–Kier alpha value is -3.08. The van der Waals surface area contributed by atoms with E-state index in [4.69, 9.17) is 9.47 Å². The van der Waals surface area contributed by atoms with E-state index in [1.54, 1.807) is 30.5 Å². The number of ether oxygens (including phenoxy) is 2. The molecular formula is C18H14N2O3. The first-order chi connectivity index (χ1) is 11.3. The number of aromatic nitrogens is 1.